The Balaban J connectivity index is 1.41. The molecule has 1 aromatic heterocycles. The number of phenols is 1. The highest BCUT2D eigenvalue weighted by molar-refractivity contribution is 7.99. The lowest BCUT2D eigenvalue weighted by atomic mass is 10.0. The first-order chi connectivity index (χ1) is 14.2. The molecule has 29 heavy (non-hydrogen) atoms. The van der Waals surface area contributed by atoms with E-state index < -0.39 is 0 Å². The molecule has 0 saturated carbocycles. The molecular weight excluding hydrogens is 384 g/mol. The van der Waals surface area contributed by atoms with E-state index in [1.165, 1.54) is 11.8 Å². The summed E-state index contributed by atoms with van der Waals surface area (Å²) in [5, 5.41) is 20.2. The van der Waals surface area contributed by atoms with E-state index in [0.29, 0.717) is 16.5 Å². The van der Waals surface area contributed by atoms with E-state index in [-0.39, 0.29) is 17.4 Å². The lowest BCUT2D eigenvalue weighted by Crippen LogP contribution is -2.14. The molecule has 3 N–H and O–H groups in total. The monoisotopic (exact) mass is 402 g/mol. The molecule has 0 aliphatic carbocycles. The number of amides is 1. The van der Waals surface area contributed by atoms with Crippen LogP contribution in [-0.2, 0) is 4.79 Å². The highest BCUT2D eigenvalue weighted by atomic mass is 32.2. The van der Waals surface area contributed by atoms with Crippen LogP contribution in [0.5, 0.6) is 5.75 Å². The van der Waals surface area contributed by atoms with E-state index in [1.54, 1.807) is 18.2 Å². The summed E-state index contributed by atoms with van der Waals surface area (Å²) in [6, 6.07) is 24.5. The summed E-state index contributed by atoms with van der Waals surface area (Å²) in [5.41, 5.74) is 3.32. The zero-order chi connectivity index (χ0) is 20.1. The van der Waals surface area contributed by atoms with Gasteiger partial charge in [0.1, 0.15) is 5.75 Å². The van der Waals surface area contributed by atoms with Gasteiger partial charge in [-0.2, -0.15) is 0 Å². The maximum absolute atomic E-state index is 12.5. The van der Waals surface area contributed by atoms with Gasteiger partial charge in [-0.15, -0.1) is 5.10 Å². The number of hydrogen-bond donors (Lipinski definition) is 3. The third-order valence-electron chi connectivity index (χ3n) is 4.24. The predicted octanol–water partition coefficient (Wildman–Crippen LogP) is 4.58. The maximum Gasteiger partial charge on any atom is 0.234 e. The first kappa shape index (κ1) is 18.8. The standard InChI is InChI=1S/C22H18N4O2S/c27-19-13-7-5-11-17(19)21-24-22(26-25-21)29-14-20(28)23-18-12-6-4-10-16(18)15-8-2-1-3-9-15/h1-13,27H,14H2,(H,23,28)(H,24,25,26). The first-order valence-electron chi connectivity index (χ1n) is 8.98. The van der Waals surface area contributed by atoms with Crippen LogP contribution in [0.1, 0.15) is 0 Å². The number of aromatic nitrogens is 3. The second-order valence-corrected chi connectivity index (χ2v) is 7.17. The molecule has 0 spiro atoms. The van der Waals surface area contributed by atoms with Crippen molar-refractivity contribution in [3.8, 4) is 28.3 Å². The maximum atomic E-state index is 12.5. The van der Waals surface area contributed by atoms with Crippen LogP contribution in [-0.4, -0.2) is 31.9 Å². The van der Waals surface area contributed by atoms with E-state index in [2.05, 4.69) is 20.5 Å². The van der Waals surface area contributed by atoms with Crippen LogP contribution in [0.15, 0.2) is 84.0 Å². The summed E-state index contributed by atoms with van der Waals surface area (Å²) < 4.78 is 0. The number of nitrogens with one attached hydrogen (secondary N) is 2. The highest BCUT2D eigenvalue weighted by Crippen LogP contribution is 2.29. The molecule has 0 atom stereocenters. The van der Waals surface area contributed by atoms with E-state index in [1.807, 2.05) is 60.7 Å². The number of anilines is 1. The van der Waals surface area contributed by atoms with Gasteiger partial charge < -0.3 is 10.4 Å². The Labute approximate surface area is 172 Å². The number of carbonyl (C=O) groups excluding carboxylic acids is 1. The Kier molecular flexibility index (Phi) is 5.58. The summed E-state index contributed by atoms with van der Waals surface area (Å²) in [4.78, 5) is 16.8. The second-order valence-electron chi connectivity index (χ2n) is 6.23. The predicted molar refractivity (Wildman–Crippen MR) is 115 cm³/mol. The Morgan fingerprint density at radius 1 is 0.931 bits per heavy atom. The quantitative estimate of drug-likeness (QED) is 0.411. The van der Waals surface area contributed by atoms with E-state index in [0.717, 1.165) is 16.8 Å². The molecule has 0 bridgehead atoms. The number of benzene rings is 3. The number of aromatic hydroxyl groups is 1. The average Bonchev–Trinajstić information content (AvgIpc) is 3.22. The van der Waals surface area contributed by atoms with Gasteiger partial charge in [0.25, 0.3) is 0 Å². The van der Waals surface area contributed by atoms with Crippen molar-refractivity contribution in [2.45, 2.75) is 5.16 Å². The topological polar surface area (TPSA) is 90.9 Å². The van der Waals surface area contributed by atoms with Crippen LogP contribution in [0.25, 0.3) is 22.5 Å². The van der Waals surface area contributed by atoms with Crippen molar-refractivity contribution >= 4 is 23.4 Å². The number of carbonyl (C=O) groups is 1. The van der Waals surface area contributed by atoms with Crippen LogP contribution in [0, 0.1) is 0 Å². The largest absolute Gasteiger partial charge is 0.507 e. The number of phenolic OH excluding ortho intramolecular Hbond substituents is 1. The minimum atomic E-state index is -0.146. The lowest BCUT2D eigenvalue weighted by molar-refractivity contribution is -0.113. The van der Waals surface area contributed by atoms with Gasteiger partial charge in [0, 0.05) is 11.3 Å². The van der Waals surface area contributed by atoms with E-state index >= 15 is 0 Å². The van der Waals surface area contributed by atoms with Crippen LogP contribution >= 0.6 is 11.8 Å². The zero-order valence-electron chi connectivity index (χ0n) is 15.4. The van der Waals surface area contributed by atoms with Gasteiger partial charge in [0.2, 0.25) is 11.1 Å². The fourth-order valence-electron chi connectivity index (χ4n) is 2.88. The van der Waals surface area contributed by atoms with Crippen molar-refractivity contribution in [3.05, 3.63) is 78.9 Å². The molecule has 144 valence electrons. The number of rotatable bonds is 6. The molecule has 7 heteroatoms. The van der Waals surface area contributed by atoms with Crippen molar-refractivity contribution in [1.82, 2.24) is 15.2 Å². The first-order valence-corrected chi connectivity index (χ1v) is 9.97. The zero-order valence-corrected chi connectivity index (χ0v) is 16.2. The summed E-state index contributed by atoms with van der Waals surface area (Å²) >= 11 is 1.22. The third-order valence-corrected chi connectivity index (χ3v) is 5.09. The van der Waals surface area contributed by atoms with Crippen LogP contribution in [0.2, 0.25) is 0 Å². The summed E-state index contributed by atoms with van der Waals surface area (Å²) in [7, 11) is 0. The molecule has 0 radical (unpaired) electrons. The normalized spacial score (nSPS) is 10.6. The number of hydrogen-bond acceptors (Lipinski definition) is 5. The number of nitrogens with zero attached hydrogens (tertiary/aromatic N) is 2. The number of para-hydroxylation sites is 2. The Morgan fingerprint density at radius 2 is 1.62 bits per heavy atom. The molecule has 4 rings (SSSR count). The SMILES string of the molecule is O=C(CSc1n[nH]c(-c2ccccc2O)n1)Nc1ccccc1-c1ccccc1. The van der Waals surface area contributed by atoms with Gasteiger partial charge in [-0.1, -0.05) is 72.4 Å². The Morgan fingerprint density at radius 3 is 2.41 bits per heavy atom. The van der Waals surface area contributed by atoms with Crippen LogP contribution in [0.3, 0.4) is 0 Å². The fraction of sp³-hybridized carbons (Fsp3) is 0.0455. The molecule has 0 aliphatic heterocycles. The molecule has 3 aromatic carbocycles. The molecule has 0 aliphatic rings. The third kappa shape index (κ3) is 4.47. The summed E-state index contributed by atoms with van der Waals surface area (Å²) in [5.74, 6) is 0.601. The van der Waals surface area contributed by atoms with Gasteiger partial charge >= 0.3 is 0 Å². The molecule has 1 heterocycles. The van der Waals surface area contributed by atoms with Gasteiger partial charge in [-0.25, -0.2) is 4.98 Å². The van der Waals surface area contributed by atoms with Crippen LogP contribution in [0.4, 0.5) is 5.69 Å². The van der Waals surface area contributed by atoms with Gasteiger partial charge in [-0.05, 0) is 23.8 Å². The summed E-state index contributed by atoms with van der Waals surface area (Å²) in [6.45, 7) is 0. The van der Waals surface area contributed by atoms with Crippen molar-refractivity contribution in [3.63, 3.8) is 0 Å². The smallest absolute Gasteiger partial charge is 0.234 e. The second kappa shape index (κ2) is 8.62. The van der Waals surface area contributed by atoms with Gasteiger partial charge in [0.15, 0.2) is 5.82 Å². The molecule has 4 aromatic rings. The lowest BCUT2D eigenvalue weighted by Gasteiger charge is -2.10. The Bertz CT molecular complexity index is 1130. The van der Waals surface area contributed by atoms with Gasteiger partial charge in [-0.3, -0.25) is 9.89 Å². The Hall–Kier alpha value is -3.58. The van der Waals surface area contributed by atoms with Crippen LogP contribution < -0.4 is 5.32 Å². The van der Waals surface area contributed by atoms with Crippen molar-refractivity contribution in [1.29, 1.82) is 0 Å². The van der Waals surface area contributed by atoms with E-state index in [4.69, 9.17) is 0 Å². The molecule has 6 nitrogen and oxygen atoms in total. The van der Waals surface area contributed by atoms with Gasteiger partial charge in [0.05, 0.1) is 11.3 Å². The molecule has 0 saturated heterocycles. The van der Waals surface area contributed by atoms with Crippen molar-refractivity contribution in [2.24, 2.45) is 0 Å². The van der Waals surface area contributed by atoms with Crippen molar-refractivity contribution in [2.75, 3.05) is 11.1 Å². The number of aromatic amines is 1. The minimum Gasteiger partial charge on any atom is -0.507 e. The van der Waals surface area contributed by atoms with E-state index in [9.17, 15) is 9.90 Å². The minimum absolute atomic E-state index is 0.121. The molecule has 1 amide bonds. The number of thioether (sulfide) groups is 1. The molecular formula is C22H18N4O2S. The molecule has 0 fully saturated rings. The highest BCUT2D eigenvalue weighted by Gasteiger charge is 2.12. The number of H-pyrrole nitrogens is 1. The average molecular weight is 402 g/mol. The fourth-order valence-corrected chi connectivity index (χ4v) is 3.48. The van der Waals surface area contributed by atoms with Crippen molar-refractivity contribution < 1.29 is 9.90 Å². The molecule has 0 unspecified atom stereocenters. The summed E-state index contributed by atoms with van der Waals surface area (Å²) in [6.07, 6.45) is 0.